The predicted octanol–water partition coefficient (Wildman–Crippen LogP) is 3.00. The van der Waals surface area contributed by atoms with Crippen molar-refractivity contribution in [1.29, 1.82) is 0 Å². The second kappa shape index (κ2) is 5.96. The second-order valence-corrected chi connectivity index (χ2v) is 10.0. The molecule has 27 heavy (non-hydrogen) atoms. The zero-order valence-corrected chi connectivity index (χ0v) is 16.5. The van der Waals surface area contributed by atoms with Crippen LogP contribution < -0.4 is 0 Å². The van der Waals surface area contributed by atoms with Crippen molar-refractivity contribution in [3.8, 4) is 0 Å². The van der Waals surface area contributed by atoms with Gasteiger partial charge < -0.3 is 10.2 Å². The maximum absolute atomic E-state index is 16.9. The Labute approximate surface area is 160 Å². The van der Waals surface area contributed by atoms with Gasteiger partial charge >= 0.3 is 0 Å². The summed E-state index contributed by atoms with van der Waals surface area (Å²) in [6.45, 7) is 5.42. The van der Waals surface area contributed by atoms with Gasteiger partial charge in [0.25, 0.3) is 0 Å². The highest BCUT2D eigenvalue weighted by atomic mass is 19.1. The highest BCUT2D eigenvalue weighted by molar-refractivity contribution is 5.91. The van der Waals surface area contributed by atoms with Crippen molar-refractivity contribution in [3.63, 3.8) is 0 Å². The number of hydrogen-bond donors (Lipinski definition) is 2. The van der Waals surface area contributed by atoms with E-state index >= 15 is 4.39 Å². The monoisotopic (exact) mass is 378 g/mol. The number of ketones is 2. The molecule has 8 atom stereocenters. The average molecular weight is 378 g/mol. The Morgan fingerprint density at radius 1 is 1.30 bits per heavy atom. The van der Waals surface area contributed by atoms with Crippen LogP contribution in [0.1, 0.15) is 59.3 Å². The predicted molar refractivity (Wildman–Crippen MR) is 98.6 cm³/mol. The number of aliphatic hydroxyl groups is 2. The Morgan fingerprint density at radius 3 is 2.67 bits per heavy atom. The summed E-state index contributed by atoms with van der Waals surface area (Å²) in [5.74, 6) is -0.686. The van der Waals surface area contributed by atoms with E-state index < -0.39 is 29.2 Å². The zero-order valence-electron chi connectivity index (χ0n) is 16.5. The number of halogens is 1. The third-order valence-electron chi connectivity index (χ3n) is 8.88. The number of hydrogen-bond acceptors (Lipinski definition) is 4. The number of aliphatic hydroxyl groups excluding tert-OH is 2. The van der Waals surface area contributed by atoms with Crippen molar-refractivity contribution in [2.45, 2.75) is 71.1 Å². The molecule has 0 aromatic heterocycles. The molecule has 3 fully saturated rings. The van der Waals surface area contributed by atoms with Crippen LogP contribution in [-0.4, -0.2) is 40.2 Å². The van der Waals surface area contributed by atoms with Crippen LogP contribution in [0.5, 0.6) is 0 Å². The molecular weight excluding hydrogens is 347 g/mol. The number of alkyl halides is 1. The van der Waals surface area contributed by atoms with Crippen molar-refractivity contribution in [2.75, 3.05) is 6.61 Å². The Hall–Kier alpha value is -1.07. The Kier molecular flexibility index (Phi) is 4.25. The lowest BCUT2D eigenvalue weighted by Crippen LogP contribution is -2.67. The van der Waals surface area contributed by atoms with Gasteiger partial charge in [-0.2, -0.15) is 0 Å². The number of carbonyl (C=O) groups is 2. The summed E-state index contributed by atoms with van der Waals surface area (Å²) >= 11 is 0. The first kappa shape index (κ1) is 19.3. The SMILES string of the molecule is CC1CC2C3CCC4=CC(=O)CCC4(C)C3(F)C(O)CC2(C)C1C(=O)CO. The van der Waals surface area contributed by atoms with Gasteiger partial charge in [0.1, 0.15) is 12.3 Å². The summed E-state index contributed by atoms with van der Waals surface area (Å²) in [5.41, 5.74) is -2.21. The highest BCUT2D eigenvalue weighted by Crippen LogP contribution is 2.70. The molecule has 4 rings (SSSR count). The van der Waals surface area contributed by atoms with Gasteiger partial charge in [-0.1, -0.05) is 26.3 Å². The van der Waals surface area contributed by atoms with Gasteiger partial charge in [0.2, 0.25) is 0 Å². The van der Waals surface area contributed by atoms with E-state index in [9.17, 15) is 19.8 Å². The van der Waals surface area contributed by atoms with Crippen molar-refractivity contribution in [3.05, 3.63) is 11.6 Å². The molecule has 0 amide bonds. The molecule has 2 N–H and O–H groups in total. The van der Waals surface area contributed by atoms with E-state index in [4.69, 9.17) is 0 Å². The smallest absolute Gasteiger partial charge is 0.162 e. The third kappa shape index (κ3) is 2.27. The molecule has 0 aliphatic heterocycles. The van der Waals surface area contributed by atoms with Gasteiger partial charge in [0, 0.05) is 23.7 Å². The van der Waals surface area contributed by atoms with Crippen LogP contribution >= 0.6 is 0 Å². The van der Waals surface area contributed by atoms with Crippen LogP contribution in [0, 0.1) is 34.5 Å². The molecule has 4 aliphatic carbocycles. The van der Waals surface area contributed by atoms with Crippen LogP contribution in [-0.2, 0) is 9.59 Å². The van der Waals surface area contributed by atoms with Crippen LogP contribution in [0.15, 0.2) is 11.6 Å². The molecular formula is C22H31FO4. The topological polar surface area (TPSA) is 74.6 Å². The average Bonchev–Trinajstić information content (AvgIpc) is 2.86. The molecule has 4 nitrogen and oxygen atoms in total. The van der Waals surface area contributed by atoms with Crippen LogP contribution in [0.3, 0.4) is 0 Å². The minimum Gasteiger partial charge on any atom is -0.390 e. The van der Waals surface area contributed by atoms with Gasteiger partial charge in [-0.3, -0.25) is 9.59 Å². The standard InChI is InChI=1S/C22H31FO4/c1-12-8-16-15-5-4-13-9-14(25)6-7-21(13,3)22(15,23)18(27)10-20(16,2)19(12)17(26)11-24/h9,12,15-16,18-19,24,27H,4-8,10-11H2,1-3H3. The summed E-state index contributed by atoms with van der Waals surface area (Å²) in [5, 5.41) is 20.6. The van der Waals surface area contributed by atoms with Gasteiger partial charge in [-0.15, -0.1) is 0 Å². The molecule has 0 bridgehead atoms. The molecule has 0 aromatic rings. The molecule has 8 unspecified atom stereocenters. The van der Waals surface area contributed by atoms with E-state index in [1.807, 2.05) is 20.8 Å². The normalized spacial score (nSPS) is 51.9. The first-order chi connectivity index (χ1) is 12.6. The molecule has 5 heteroatoms. The first-order valence-corrected chi connectivity index (χ1v) is 10.3. The number of rotatable bonds is 2. The second-order valence-electron chi connectivity index (χ2n) is 10.0. The quantitative estimate of drug-likeness (QED) is 0.775. The Bertz CT molecular complexity index is 717. The van der Waals surface area contributed by atoms with Crippen molar-refractivity contribution < 1.29 is 24.2 Å². The Morgan fingerprint density at radius 2 is 2.00 bits per heavy atom. The molecule has 0 saturated heterocycles. The lowest BCUT2D eigenvalue weighted by molar-refractivity contribution is -0.208. The summed E-state index contributed by atoms with van der Waals surface area (Å²) < 4.78 is 16.9. The van der Waals surface area contributed by atoms with Crippen molar-refractivity contribution >= 4 is 11.6 Å². The molecule has 0 aromatic carbocycles. The third-order valence-corrected chi connectivity index (χ3v) is 8.88. The minimum atomic E-state index is -1.77. The number of fused-ring (bicyclic) bond motifs is 5. The molecule has 0 spiro atoms. The number of Topliss-reactive ketones (excluding diaryl/α,β-unsaturated/α-hetero) is 1. The Balaban J connectivity index is 1.79. The summed E-state index contributed by atoms with van der Waals surface area (Å²) in [7, 11) is 0. The maximum atomic E-state index is 16.9. The minimum absolute atomic E-state index is 0.0115. The fraction of sp³-hybridized carbons (Fsp3) is 0.818. The number of carbonyl (C=O) groups excluding carboxylic acids is 2. The largest absolute Gasteiger partial charge is 0.390 e. The van der Waals surface area contributed by atoms with Gasteiger partial charge in [-0.25, -0.2) is 4.39 Å². The van der Waals surface area contributed by atoms with Crippen LogP contribution in [0.25, 0.3) is 0 Å². The van der Waals surface area contributed by atoms with E-state index in [0.717, 1.165) is 12.0 Å². The molecule has 0 radical (unpaired) electrons. The van der Waals surface area contributed by atoms with Gasteiger partial charge in [-0.05, 0) is 55.4 Å². The first-order valence-electron chi connectivity index (χ1n) is 10.3. The summed E-state index contributed by atoms with van der Waals surface area (Å²) in [6.07, 6.45) is 3.52. The highest BCUT2D eigenvalue weighted by Gasteiger charge is 2.71. The van der Waals surface area contributed by atoms with Crippen LogP contribution in [0.2, 0.25) is 0 Å². The van der Waals surface area contributed by atoms with Gasteiger partial charge in [0.15, 0.2) is 11.6 Å². The molecule has 150 valence electrons. The van der Waals surface area contributed by atoms with Crippen molar-refractivity contribution in [1.82, 2.24) is 0 Å². The lowest BCUT2D eigenvalue weighted by Gasteiger charge is -2.62. The fourth-order valence-electron chi connectivity index (χ4n) is 7.72. The zero-order chi connectivity index (χ0) is 19.8. The summed E-state index contributed by atoms with van der Waals surface area (Å²) in [4.78, 5) is 24.4. The number of allylic oxidation sites excluding steroid dienone is 1. The van der Waals surface area contributed by atoms with Gasteiger partial charge in [0.05, 0.1) is 6.10 Å². The molecule has 0 heterocycles. The van der Waals surface area contributed by atoms with E-state index in [1.165, 1.54) is 0 Å². The summed E-state index contributed by atoms with van der Waals surface area (Å²) in [6, 6.07) is 0. The lowest BCUT2D eigenvalue weighted by atomic mass is 9.44. The van der Waals surface area contributed by atoms with E-state index in [-0.39, 0.29) is 41.7 Å². The fourth-order valence-corrected chi connectivity index (χ4v) is 7.72. The van der Waals surface area contributed by atoms with E-state index in [1.54, 1.807) is 6.08 Å². The van der Waals surface area contributed by atoms with E-state index in [0.29, 0.717) is 25.7 Å². The molecule has 3 saturated carbocycles. The van der Waals surface area contributed by atoms with Crippen molar-refractivity contribution in [2.24, 2.45) is 34.5 Å². The van der Waals surface area contributed by atoms with E-state index in [2.05, 4.69) is 0 Å². The van der Waals surface area contributed by atoms with Crippen LogP contribution in [0.4, 0.5) is 4.39 Å². The molecule has 4 aliphatic rings. The maximum Gasteiger partial charge on any atom is 0.162 e.